The molecule has 0 saturated heterocycles. The molecule has 2 rings (SSSR count). The van der Waals surface area contributed by atoms with E-state index in [0.717, 1.165) is 30.4 Å². The summed E-state index contributed by atoms with van der Waals surface area (Å²) in [5.74, 6) is -0.160. The second-order valence-electron chi connectivity index (χ2n) is 4.37. The van der Waals surface area contributed by atoms with Crippen molar-refractivity contribution < 1.29 is 4.79 Å². The Bertz CT molecular complexity index is 455. The van der Waals surface area contributed by atoms with E-state index >= 15 is 0 Å². The maximum atomic E-state index is 11.9. The minimum atomic E-state index is -0.457. The van der Waals surface area contributed by atoms with Gasteiger partial charge in [0, 0.05) is 0 Å². The largest absolute Gasteiger partial charge is 0.273 e. The van der Waals surface area contributed by atoms with Crippen molar-refractivity contribution >= 4 is 5.91 Å². The standard InChI is InChI=1S/C13H14N2O/c1-10-4-2-5-11(8-10)13(6-3-7-13)12(16)15-9-14/h2,4-5,8H,3,6-7H2,1H3,(H,15,16). The Labute approximate surface area is 95.1 Å². The normalized spacial score (nSPS) is 17.0. The molecule has 1 saturated carbocycles. The molecule has 82 valence electrons. The number of carbonyl (C=O) groups excluding carboxylic acids is 1. The minimum Gasteiger partial charge on any atom is -0.273 e. The summed E-state index contributed by atoms with van der Waals surface area (Å²) in [6.45, 7) is 2.01. The van der Waals surface area contributed by atoms with Gasteiger partial charge in [0.25, 0.3) is 0 Å². The molecule has 0 radical (unpaired) electrons. The molecule has 1 aromatic rings. The van der Waals surface area contributed by atoms with Crippen molar-refractivity contribution in [3.8, 4) is 6.19 Å². The van der Waals surface area contributed by atoms with Gasteiger partial charge in [-0.1, -0.05) is 36.2 Å². The van der Waals surface area contributed by atoms with Crippen LogP contribution in [0.25, 0.3) is 0 Å². The first-order chi connectivity index (χ1) is 7.69. The molecule has 16 heavy (non-hydrogen) atoms. The van der Waals surface area contributed by atoms with Gasteiger partial charge in [-0.3, -0.25) is 10.1 Å². The first-order valence-corrected chi connectivity index (χ1v) is 5.46. The van der Waals surface area contributed by atoms with E-state index in [1.807, 2.05) is 31.2 Å². The maximum Gasteiger partial charge on any atom is 0.243 e. The summed E-state index contributed by atoms with van der Waals surface area (Å²) in [5, 5.41) is 10.8. The lowest BCUT2D eigenvalue weighted by molar-refractivity contribution is -0.128. The third kappa shape index (κ3) is 1.57. The molecule has 0 bridgehead atoms. The Morgan fingerprint density at radius 2 is 2.25 bits per heavy atom. The molecular weight excluding hydrogens is 200 g/mol. The van der Waals surface area contributed by atoms with E-state index in [0.29, 0.717) is 0 Å². The number of nitrogens with zero attached hydrogens (tertiary/aromatic N) is 1. The highest BCUT2D eigenvalue weighted by Crippen LogP contribution is 2.44. The highest BCUT2D eigenvalue weighted by molar-refractivity contribution is 5.90. The fraction of sp³-hybridized carbons (Fsp3) is 0.385. The van der Waals surface area contributed by atoms with Gasteiger partial charge in [-0.2, -0.15) is 5.26 Å². The highest BCUT2D eigenvalue weighted by atomic mass is 16.2. The van der Waals surface area contributed by atoms with Gasteiger partial charge in [-0.25, -0.2) is 0 Å². The van der Waals surface area contributed by atoms with Crippen LogP contribution < -0.4 is 5.32 Å². The second kappa shape index (κ2) is 3.97. The molecule has 1 aliphatic carbocycles. The third-order valence-corrected chi connectivity index (χ3v) is 3.38. The zero-order chi connectivity index (χ0) is 11.6. The number of hydrogen-bond acceptors (Lipinski definition) is 2. The maximum absolute atomic E-state index is 11.9. The molecule has 3 heteroatoms. The highest BCUT2D eigenvalue weighted by Gasteiger charge is 2.45. The van der Waals surface area contributed by atoms with Crippen molar-refractivity contribution in [2.24, 2.45) is 0 Å². The molecule has 0 unspecified atom stereocenters. The predicted molar refractivity (Wildman–Crippen MR) is 60.5 cm³/mol. The zero-order valence-corrected chi connectivity index (χ0v) is 9.29. The number of hydrogen-bond donors (Lipinski definition) is 1. The summed E-state index contributed by atoms with van der Waals surface area (Å²) >= 11 is 0. The van der Waals surface area contributed by atoms with Crippen LogP contribution in [0.4, 0.5) is 0 Å². The Balaban J connectivity index is 2.35. The number of carbonyl (C=O) groups is 1. The summed E-state index contributed by atoms with van der Waals surface area (Å²) in [7, 11) is 0. The lowest BCUT2D eigenvalue weighted by Crippen LogP contribution is -2.47. The Morgan fingerprint density at radius 3 is 2.75 bits per heavy atom. The quantitative estimate of drug-likeness (QED) is 0.604. The molecule has 1 fully saturated rings. The first-order valence-electron chi connectivity index (χ1n) is 5.46. The van der Waals surface area contributed by atoms with Crippen LogP contribution in [0.5, 0.6) is 0 Å². The van der Waals surface area contributed by atoms with E-state index < -0.39 is 5.41 Å². The fourth-order valence-electron chi connectivity index (χ4n) is 2.29. The van der Waals surface area contributed by atoms with Gasteiger partial charge in [0.1, 0.15) is 0 Å². The minimum absolute atomic E-state index is 0.160. The molecule has 0 atom stereocenters. The number of aryl methyl sites for hydroxylation is 1. The molecule has 1 amide bonds. The van der Waals surface area contributed by atoms with Gasteiger partial charge >= 0.3 is 0 Å². The van der Waals surface area contributed by atoms with Crippen LogP contribution >= 0.6 is 0 Å². The third-order valence-electron chi connectivity index (χ3n) is 3.38. The summed E-state index contributed by atoms with van der Waals surface area (Å²) in [5.41, 5.74) is 1.72. The number of amides is 1. The number of benzene rings is 1. The van der Waals surface area contributed by atoms with Crippen molar-refractivity contribution in [1.82, 2.24) is 5.32 Å². The van der Waals surface area contributed by atoms with Crippen molar-refractivity contribution in [3.05, 3.63) is 35.4 Å². The molecular formula is C13H14N2O. The zero-order valence-electron chi connectivity index (χ0n) is 9.29. The Morgan fingerprint density at radius 1 is 1.50 bits per heavy atom. The van der Waals surface area contributed by atoms with Crippen molar-refractivity contribution in [2.45, 2.75) is 31.6 Å². The molecule has 1 aromatic carbocycles. The number of nitrogens with one attached hydrogen (secondary N) is 1. The Kier molecular flexibility index (Phi) is 2.66. The fourth-order valence-corrected chi connectivity index (χ4v) is 2.29. The van der Waals surface area contributed by atoms with Crippen LogP contribution in [-0.4, -0.2) is 5.91 Å². The average Bonchev–Trinajstić information content (AvgIpc) is 2.16. The molecule has 3 nitrogen and oxygen atoms in total. The van der Waals surface area contributed by atoms with Gasteiger partial charge in [0.05, 0.1) is 5.41 Å². The molecule has 0 spiro atoms. The van der Waals surface area contributed by atoms with Crippen LogP contribution in [0.3, 0.4) is 0 Å². The summed E-state index contributed by atoms with van der Waals surface area (Å²) in [6, 6.07) is 7.99. The smallest absolute Gasteiger partial charge is 0.243 e. The molecule has 0 aromatic heterocycles. The lowest BCUT2D eigenvalue weighted by atomic mass is 9.63. The summed E-state index contributed by atoms with van der Waals surface area (Å²) in [6.07, 6.45) is 4.45. The molecule has 1 aliphatic rings. The van der Waals surface area contributed by atoms with E-state index in [2.05, 4.69) is 5.32 Å². The van der Waals surface area contributed by atoms with E-state index in [4.69, 9.17) is 5.26 Å². The topological polar surface area (TPSA) is 52.9 Å². The van der Waals surface area contributed by atoms with Gasteiger partial charge in [0.2, 0.25) is 5.91 Å². The van der Waals surface area contributed by atoms with E-state index in [1.165, 1.54) is 0 Å². The lowest BCUT2D eigenvalue weighted by Gasteiger charge is -2.40. The van der Waals surface area contributed by atoms with Crippen LogP contribution in [0.2, 0.25) is 0 Å². The Hall–Kier alpha value is -1.82. The molecule has 0 heterocycles. The SMILES string of the molecule is Cc1cccc(C2(C(=O)NC#N)CCC2)c1. The number of rotatable bonds is 2. The van der Waals surface area contributed by atoms with Gasteiger partial charge in [-0.05, 0) is 25.3 Å². The monoisotopic (exact) mass is 214 g/mol. The van der Waals surface area contributed by atoms with Crippen LogP contribution in [0, 0.1) is 18.4 Å². The van der Waals surface area contributed by atoms with E-state index in [9.17, 15) is 4.79 Å². The summed E-state index contributed by atoms with van der Waals surface area (Å²) < 4.78 is 0. The van der Waals surface area contributed by atoms with Gasteiger partial charge < -0.3 is 0 Å². The van der Waals surface area contributed by atoms with Crippen molar-refractivity contribution in [1.29, 1.82) is 5.26 Å². The summed E-state index contributed by atoms with van der Waals surface area (Å²) in [4.78, 5) is 11.9. The number of nitriles is 1. The first kappa shape index (κ1) is 10.7. The van der Waals surface area contributed by atoms with E-state index in [1.54, 1.807) is 6.19 Å². The van der Waals surface area contributed by atoms with E-state index in [-0.39, 0.29) is 5.91 Å². The molecule has 0 aliphatic heterocycles. The van der Waals surface area contributed by atoms with Crippen LogP contribution in [0.15, 0.2) is 24.3 Å². The van der Waals surface area contributed by atoms with Crippen LogP contribution in [0.1, 0.15) is 30.4 Å². The molecule has 1 N–H and O–H groups in total. The van der Waals surface area contributed by atoms with Crippen molar-refractivity contribution in [2.75, 3.05) is 0 Å². The van der Waals surface area contributed by atoms with Crippen LogP contribution in [-0.2, 0) is 10.2 Å². The average molecular weight is 214 g/mol. The van der Waals surface area contributed by atoms with Gasteiger partial charge in [-0.15, -0.1) is 0 Å². The predicted octanol–water partition coefficient (Wildman–Crippen LogP) is 2.01. The van der Waals surface area contributed by atoms with Crippen molar-refractivity contribution in [3.63, 3.8) is 0 Å². The second-order valence-corrected chi connectivity index (χ2v) is 4.37. The van der Waals surface area contributed by atoms with Gasteiger partial charge in [0.15, 0.2) is 6.19 Å².